The molecule has 0 bridgehead atoms. The van der Waals surface area contributed by atoms with Gasteiger partial charge >= 0.3 is 0 Å². The summed E-state index contributed by atoms with van der Waals surface area (Å²) in [4.78, 5) is 27.9. The molecule has 1 aliphatic heterocycles. The van der Waals surface area contributed by atoms with Gasteiger partial charge in [-0.05, 0) is 72.8 Å². The van der Waals surface area contributed by atoms with E-state index in [1.54, 1.807) is 24.3 Å². The van der Waals surface area contributed by atoms with Crippen LogP contribution in [0, 0.1) is 17.0 Å². The van der Waals surface area contributed by atoms with Crippen molar-refractivity contribution in [3.63, 3.8) is 0 Å². The number of carbonyl (C=O) groups excluding carboxylic acids is 1. The van der Waals surface area contributed by atoms with Gasteiger partial charge in [-0.25, -0.2) is 4.99 Å². The van der Waals surface area contributed by atoms with E-state index in [0.29, 0.717) is 15.8 Å². The molecule has 7 nitrogen and oxygen atoms in total. The van der Waals surface area contributed by atoms with Crippen LogP contribution in [0.1, 0.15) is 16.7 Å². The molecule has 0 unspecified atom stereocenters. The molecule has 1 heterocycles. The molecule has 33 heavy (non-hydrogen) atoms. The van der Waals surface area contributed by atoms with E-state index in [1.165, 1.54) is 23.9 Å². The van der Waals surface area contributed by atoms with E-state index in [0.717, 1.165) is 26.9 Å². The van der Waals surface area contributed by atoms with Crippen molar-refractivity contribution in [3.05, 3.63) is 103 Å². The van der Waals surface area contributed by atoms with Gasteiger partial charge in [0.05, 0.1) is 15.5 Å². The second-order valence-corrected chi connectivity index (χ2v) is 9.16. The van der Waals surface area contributed by atoms with Crippen LogP contribution in [0.25, 0.3) is 6.08 Å². The van der Waals surface area contributed by atoms with Crippen LogP contribution in [-0.2, 0) is 11.4 Å². The van der Waals surface area contributed by atoms with Crippen LogP contribution in [0.3, 0.4) is 0 Å². The van der Waals surface area contributed by atoms with Gasteiger partial charge in [-0.15, -0.1) is 0 Å². The number of thioether (sulfide) groups is 1. The molecule has 9 heteroatoms. The van der Waals surface area contributed by atoms with Crippen LogP contribution < -0.4 is 10.1 Å². The van der Waals surface area contributed by atoms with Gasteiger partial charge in [0.1, 0.15) is 12.4 Å². The van der Waals surface area contributed by atoms with Crippen LogP contribution >= 0.6 is 27.7 Å². The first-order valence-corrected chi connectivity index (χ1v) is 11.5. The van der Waals surface area contributed by atoms with Gasteiger partial charge < -0.3 is 10.1 Å². The molecule has 1 aliphatic rings. The van der Waals surface area contributed by atoms with Crippen molar-refractivity contribution in [2.24, 2.45) is 4.99 Å². The highest BCUT2D eigenvalue weighted by Gasteiger charge is 2.24. The average molecular weight is 524 g/mol. The maximum absolute atomic E-state index is 12.5. The lowest BCUT2D eigenvalue weighted by Crippen LogP contribution is -2.19. The predicted octanol–water partition coefficient (Wildman–Crippen LogP) is 6.14. The lowest BCUT2D eigenvalue weighted by Gasteiger charge is -2.10. The maximum atomic E-state index is 12.5. The molecule has 0 atom stereocenters. The first kappa shape index (κ1) is 22.8. The fourth-order valence-corrected chi connectivity index (χ4v) is 4.21. The molecule has 0 aliphatic carbocycles. The lowest BCUT2D eigenvalue weighted by atomic mass is 10.1. The number of nitro groups is 1. The Morgan fingerprint density at radius 1 is 1.12 bits per heavy atom. The molecule has 1 fully saturated rings. The van der Waals surface area contributed by atoms with E-state index >= 15 is 0 Å². The van der Waals surface area contributed by atoms with Gasteiger partial charge in [0.25, 0.3) is 11.6 Å². The van der Waals surface area contributed by atoms with E-state index in [9.17, 15) is 14.9 Å². The highest BCUT2D eigenvalue weighted by atomic mass is 79.9. The number of carbonyl (C=O) groups is 1. The van der Waals surface area contributed by atoms with Crippen molar-refractivity contribution >= 4 is 56.2 Å². The largest absolute Gasteiger partial charge is 0.488 e. The topological polar surface area (TPSA) is 93.8 Å². The lowest BCUT2D eigenvalue weighted by molar-refractivity contribution is -0.384. The standard InChI is InChI=1S/C24H18BrN3O4S/c1-15-2-7-19(8-3-15)26-24-27-23(29)22(33-24)13-17-12-18(25)6-11-21(17)32-14-16-4-9-20(10-5-16)28(30)31/h2-13H,14H2,1H3,(H,26,27,29)/b22-13-. The monoisotopic (exact) mass is 523 g/mol. The fourth-order valence-electron chi connectivity index (χ4n) is 3.00. The van der Waals surface area contributed by atoms with Crippen molar-refractivity contribution in [2.75, 3.05) is 0 Å². The number of halogens is 1. The third-order valence-corrected chi connectivity index (χ3v) is 6.12. The third kappa shape index (κ3) is 5.88. The number of amides is 1. The molecule has 0 radical (unpaired) electrons. The zero-order valence-electron chi connectivity index (χ0n) is 17.4. The van der Waals surface area contributed by atoms with E-state index < -0.39 is 4.92 Å². The van der Waals surface area contributed by atoms with E-state index in [4.69, 9.17) is 4.74 Å². The highest BCUT2D eigenvalue weighted by molar-refractivity contribution is 9.10. The number of nitro benzene ring substituents is 1. The number of nitrogens with zero attached hydrogens (tertiary/aromatic N) is 2. The Bertz CT molecular complexity index is 1270. The average Bonchev–Trinajstić information content (AvgIpc) is 3.13. The van der Waals surface area contributed by atoms with Crippen LogP contribution in [0.2, 0.25) is 0 Å². The van der Waals surface area contributed by atoms with E-state index in [2.05, 4.69) is 26.2 Å². The molecule has 4 rings (SSSR count). The van der Waals surface area contributed by atoms with Gasteiger partial charge in [-0.2, -0.15) is 0 Å². The Kier molecular flexibility index (Phi) is 6.90. The SMILES string of the molecule is Cc1ccc(N=C2NC(=O)/C(=C/c3cc(Br)ccc3OCc3ccc([N+](=O)[O-])cc3)S2)cc1. The molecular weight excluding hydrogens is 506 g/mol. The van der Waals surface area contributed by atoms with Crippen LogP contribution in [0.15, 0.2) is 81.1 Å². The Labute approximate surface area is 202 Å². The maximum Gasteiger partial charge on any atom is 0.269 e. The number of amidine groups is 1. The van der Waals surface area contributed by atoms with E-state index in [-0.39, 0.29) is 18.2 Å². The molecule has 1 saturated heterocycles. The smallest absolute Gasteiger partial charge is 0.269 e. The summed E-state index contributed by atoms with van der Waals surface area (Å²) in [7, 11) is 0. The van der Waals surface area contributed by atoms with Crippen LogP contribution in [-0.4, -0.2) is 16.0 Å². The van der Waals surface area contributed by atoms with Gasteiger partial charge in [0, 0.05) is 22.2 Å². The Morgan fingerprint density at radius 3 is 2.55 bits per heavy atom. The first-order chi connectivity index (χ1) is 15.9. The third-order valence-electron chi connectivity index (χ3n) is 4.72. The molecule has 3 aromatic carbocycles. The Balaban J connectivity index is 1.52. The zero-order chi connectivity index (χ0) is 23.4. The normalized spacial score (nSPS) is 15.6. The summed E-state index contributed by atoms with van der Waals surface area (Å²) in [6, 6.07) is 19.4. The van der Waals surface area contributed by atoms with Gasteiger partial charge in [-0.1, -0.05) is 33.6 Å². The quantitative estimate of drug-likeness (QED) is 0.238. The minimum absolute atomic E-state index is 0.0280. The number of ether oxygens (including phenoxy) is 1. The minimum Gasteiger partial charge on any atom is -0.488 e. The molecule has 1 N–H and O–H groups in total. The number of aryl methyl sites for hydroxylation is 1. The number of non-ortho nitro benzene ring substituents is 1. The number of aliphatic imine (C=N–C) groups is 1. The van der Waals surface area contributed by atoms with Crippen molar-refractivity contribution in [2.45, 2.75) is 13.5 Å². The summed E-state index contributed by atoms with van der Waals surface area (Å²) in [6.07, 6.45) is 1.76. The number of rotatable bonds is 6. The number of hydrogen-bond donors (Lipinski definition) is 1. The van der Waals surface area contributed by atoms with Crippen LogP contribution in [0.4, 0.5) is 11.4 Å². The number of hydrogen-bond acceptors (Lipinski definition) is 6. The highest BCUT2D eigenvalue weighted by Crippen LogP contribution is 2.32. The Morgan fingerprint density at radius 2 is 1.85 bits per heavy atom. The first-order valence-electron chi connectivity index (χ1n) is 9.89. The fraction of sp³-hybridized carbons (Fsp3) is 0.0833. The predicted molar refractivity (Wildman–Crippen MR) is 134 cm³/mol. The van der Waals surface area contributed by atoms with Gasteiger partial charge in [0.2, 0.25) is 0 Å². The Hall–Kier alpha value is -3.43. The summed E-state index contributed by atoms with van der Waals surface area (Å²) >= 11 is 4.72. The van der Waals surface area contributed by atoms with E-state index in [1.807, 2.05) is 43.3 Å². The minimum atomic E-state index is -0.440. The number of benzene rings is 3. The molecule has 0 spiro atoms. The molecular formula is C24H18BrN3O4S. The van der Waals surface area contributed by atoms with Gasteiger partial charge in [-0.3, -0.25) is 14.9 Å². The molecule has 3 aromatic rings. The molecule has 0 aromatic heterocycles. The zero-order valence-corrected chi connectivity index (χ0v) is 19.9. The van der Waals surface area contributed by atoms with Crippen LogP contribution in [0.5, 0.6) is 5.75 Å². The van der Waals surface area contributed by atoms with Crippen molar-refractivity contribution < 1.29 is 14.5 Å². The summed E-state index contributed by atoms with van der Waals surface area (Å²) in [6.45, 7) is 2.23. The molecule has 166 valence electrons. The van der Waals surface area contributed by atoms with Crippen molar-refractivity contribution in [1.29, 1.82) is 0 Å². The van der Waals surface area contributed by atoms with Gasteiger partial charge in [0.15, 0.2) is 5.17 Å². The van der Waals surface area contributed by atoms with Crippen molar-refractivity contribution in [3.8, 4) is 5.75 Å². The summed E-state index contributed by atoms with van der Waals surface area (Å²) < 4.78 is 6.79. The number of nitrogens with one attached hydrogen (secondary N) is 1. The second kappa shape index (κ2) is 10.0. The summed E-state index contributed by atoms with van der Waals surface area (Å²) in [5.41, 5.74) is 3.45. The van der Waals surface area contributed by atoms with Crippen molar-refractivity contribution in [1.82, 2.24) is 5.32 Å². The molecule has 0 saturated carbocycles. The summed E-state index contributed by atoms with van der Waals surface area (Å²) in [5, 5.41) is 14.1. The summed E-state index contributed by atoms with van der Waals surface area (Å²) in [5.74, 6) is 0.355. The molecule has 1 amide bonds. The second-order valence-electron chi connectivity index (χ2n) is 7.21.